The number of fused-ring (bicyclic) bond motifs is 2. The molecule has 0 radical (unpaired) electrons. The molecule has 1 N–H and O–H groups in total. The molecule has 0 saturated carbocycles. The Kier molecular flexibility index (Phi) is 4.31. The van der Waals surface area contributed by atoms with Crippen molar-refractivity contribution in [3.63, 3.8) is 0 Å². The highest BCUT2D eigenvalue weighted by Gasteiger charge is 2.22. The molecule has 3 aromatic heterocycles. The predicted octanol–water partition coefficient (Wildman–Crippen LogP) is 2.53. The fourth-order valence-electron chi connectivity index (χ4n) is 3.30. The zero-order valence-electron chi connectivity index (χ0n) is 15.5. The molecular weight excluding hydrogens is 342 g/mol. The number of pyridine rings is 1. The summed E-state index contributed by atoms with van der Waals surface area (Å²) in [7, 11) is 1.98. The van der Waals surface area contributed by atoms with Crippen molar-refractivity contribution in [1.29, 1.82) is 0 Å². The summed E-state index contributed by atoms with van der Waals surface area (Å²) >= 11 is 0. The Bertz CT molecular complexity index is 1110. The van der Waals surface area contributed by atoms with Gasteiger partial charge in [0.2, 0.25) is 0 Å². The summed E-state index contributed by atoms with van der Waals surface area (Å²) in [4.78, 5) is 17.6. The minimum Gasteiger partial charge on any atom is -0.342 e. The molecule has 1 aromatic carbocycles. The smallest absolute Gasteiger partial charge is 0.252 e. The third kappa shape index (κ3) is 3.25. The van der Waals surface area contributed by atoms with Gasteiger partial charge in [-0.25, -0.2) is 9.50 Å². The third-order valence-electron chi connectivity index (χ3n) is 4.61. The molecule has 0 aliphatic carbocycles. The lowest BCUT2D eigenvalue weighted by molar-refractivity contribution is 0.0929. The van der Waals surface area contributed by atoms with E-state index in [0.29, 0.717) is 17.1 Å². The number of nitrogens with one attached hydrogen (secondary N) is 1. The number of para-hydroxylation sites is 2. The topological polar surface area (TPSA) is 90.0 Å². The van der Waals surface area contributed by atoms with Crippen LogP contribution in [0.15, 0.2) is 42.6 Å². The lowest BCUT2D eigenvalue weighted by Crippen LogP contribution is -2.31. The van der Waals surface area contributed by atoms with Crippen LogP contribution in [0.4, 0.5) is 0 Å². The molecule has 1 atom stereocenters. The van der Waals surface area contributed by atoms with Crippen molar-refractivity contribution in [3.8, 4) is 0 Å². The summed E-state index contributed by atoms with van der Waals surface area (Å²) in [6.45, 7) is 4.27. The average Bonchev–Trinajstić information content (AvgIpc) is 3.25. The Balaban J connectivity index is 1.67. The van der Waals surface area contributed by atoms with E-state index in [4.69, 9.17) is 4.98 Å². The third-order valence-corrected chi connectivity index (χ3v) is 4.61. The quantitative estimate of drug-likeness (QED) is 0.588. The predicted molar refractivity (Wildman–Crippen MR) is 101 cm³/mol. The number of carbonyl (C=O) groups is 1. The molecule has 27 heavy (non-hydrogen) atoms. The number of hydrogen-bond donors (Lipinski definition) is 1. The first-order valence-corrected chi connectivity index (χ1v) is 8.93. The maximum Gasteiger partial charge on any atom is 0.252 e. The lowest BCUT2D eigenvalue weighted by Gasteiger charge is -2.20. The summed E-state index contributed by atoms with van der Waals surface area (Å²) in [5.74, 6) is 1.08. The molecule has 0 aliphatic rings. The van der Waals surface area contributed by atoms with Gasteiger partial charge in [0.1, 0.15) is 5.82 Å². The molecular formula is C19H21N7O. The van der Waals surface area contributed by atoms with E-state index in [1.165, 1.54) is 4.52 Å². The molecule has 4 aromatic rings. The van der Waals surface area contributed by atoms with E-state index >= 15 is 0 Å². The first-order valence-electron chi connectivity index (χ1n) is 8.93. The Hall–Kier alpha value is -3.29. The maximum absolute atomic E-state index is 12.9. The normalized spacial score (nSPS) is 12.7. The fraction of sp³-hybridized carbons (Fsp3) is 0.316. The van der Waals surface area contributed by atoms with E-state index in [1.54, 1.807) is 18.3 Å². The van der Waals surface area contributed by atoms with Crippen LogP contribution in [0, 0.1) is 5.92 Å². The molecule has 138 valence electrons. The van der Waals surface area contributed by atoms with Gasteiger partial charge < -0.3 is 9.88 Å². The molecule has 0 fully saturated rings. The minimum atomic E-state index is -0.192. The number of rotatable bonds is 5. The second kappa shape index (κ2) is 6.79. The Labute approximate surface area is 156 Å². The molecule has 0 saturated heterocycles. The second-order valence-electron chi connectivity index (χ2n) is 7.07. The van der Waals surface area contributed by atoms with Crippen LogP contribution < -0.4 is 5.32 Å². The summed E-state index contributed by atoms with van der Waals surface area (Å²) < 4.78 is 3.57. The van der Waals surface area contributed by atoms with Gasteiger partial charge in [-0.05, 0) is 47.0 Å². The van der Waals surface area contributed by atoms with Crippen LogP contribution >= 0.6 is 0 Å². The molecule has 8 nitrogen and oxygen atoms in total. The molecule has 0 aliphatic heterocycles. The number of nitrogens with zero attached hydrogens (tertiary/aromatic N) is 6. The Morgan fingerprint density at radius 1 is 1.22 bits per heavy atom. The highest BCUT2D eigenvalue weighted by atomic mass is 16.1. The van der Waals surface area contributed by atoms with E-state index in [1.807, 2.05) is 35.9 Å². The number of carbonyl (C=O) groups excluding carboxylic acids is 1. The van der Waals surface area contributed by atoms with E-state index in [9.17, 15) is 4.79 Å². The summed E-state index contributed by atoms with van der Waals surface area (Å²) in [5, 5.41) is 14.5. The lowest BCUT2D eigenvalue weighted by atomic mass is 10.0. The van der Waals surface area contributed by atoms with Crippen LogP contribution in [0.5, 0.6) is 0 Å². The van der Waals surface area contributed by atoms with Gasteiger partial charge in [0.25, 0.3) is 5.91 Å². The summed E-state index contributed by atoms with van der Waals surface area (Å²) in [6, 6.07) is 11.2. The zero-order valence-corrected chi connectivity index (χ0v) is 15.5. The van der Waals surface area contributed by atoms with Crippen molar-refractivity contribution in [2.75, 3.05) is 0 Å². The SMILES string of the molecule is CC(C)CC(NC(=O)c1ccn2nnnc2c1)c1nc2ccccc2n1C. The molecule has 8 heteroatoms. The van der Waals surface area contributed by atoms with E-state index in [-0.39, 0.29) is 11.9 Å². The van der Waals surface area contributed by atoms with E-state index < -0.39 is 0 Å². The van der Waals surface area contributed by atoms with E-state index in [0.717, 1.165) is 23.3 Å². The van der Waals surface area contributed by atoms with Crippen LogP contribution in [-0.4, -0.2) is 35.5 Å². The monoisotopic (exact) mass is 363 g/mol. The van der Waals surface area contributed by atoms with Crippen molar-refractivity contribution in [2.24, 2.45) is 13.0 Å². The first-order chi connectivity index (χ1) is 13.0. The highest BCUT2D eigenvalue weighted by molar-refractivity contribution is 5.95. The van der Waals surface area contributed by atoms with Crippen LogP contribution in [0.2, 0.25) is 0 Å². The zero-order chi connectivity index (χ0) is 19.0. The van der Waals surface area contributed by atoms with Gasteiger partial charge in [-0.3, -0.25) is 4.79 Å². The van der Waals surface area contributed by atoms with E-state index in [2.05, 4.69) is 34.7 Å². The van der Waals surface area contributed by atoms with Crippen molar-refractivity contribution < 1.29 is 4.79 Å². The maximum atomic E-state index is 12.9. The van der Waals surface area contributed by atoms with Gasteiger partial charge in [-0.1, -0.05) is 26.0 Å². The molecule has 0 spiro atoms. The van der Waals surface area contributed by atoms with Gasteiger partial charge in [-0.15, -0.1) is 5.10 Å². The molecule has 0 bridgehead atoms. The number of amides is 1. The van der Waals surface area contributed by atoms with Crippen LogP contribution in [-0.2, 0) is 7.05 Å². The molecule has 1 amide bonds. The second-order valence-corrected chi connectivity index (χ2v) is 7.07. The fourth-order valence-corrected chi connectivity index (χ4v) is 3.30. The number of benzene rings is 1. The Morgan fingerprint density at radius 2 is 2.04 bits per heavy atom. The number of imidazole rings is 1. The number of aromatic nitrogens is 6. The summed E-state index contributed by atoms with van der Waals surface area (Å²) in [6.07, 6.45) is 2.47. The summed E-state index contributed by atoms with van der Waals surface area (Å²) in [5.41, 5.74) is 3.02. The number of aryl methyl sites for hydroxylation is 1. The van der Waals surface area contributed by atoms with Gasteiger partial charge in [0.15, 0.2) is 5.65 Å². The van der Waals surface area contributed by atoms with Gasteiger partial charge in [0.05, 0.1) is 17.1 Å². The number of hydrogen-bond acceptors (Lipinski definition) is 5. The largest absolute Gasteiger partial charge is 0.342 e. The standard InChI is InChI=1S/C19H21N7O/c1-12(2)10-15(18-20-14-6-4-5-7-16(14)25(18)3)21-19(27)13-8-9-26-17(11-13)22-23-24-26/h4-9,11-12,15H,10H2,1-3H3,(H,21,27). The van der Waals surface area contributed by atoms with Crippen molar-refractivity contribution in [1.82, 2.24) is 34.9 Å². The molecule has 1 unspecified atom stereocenters. The average molecular weight is 363 g/mol. The van der Waals surface area contributed by atoms with Gasteiger partial charge >= 0.3 is 0 Å². The first kappa shape index (κ1) is 17.1. The van der Waals surface area contributed by atoms with Crippen molar-refractivity contribution >= 4 is 22.6 Å². The van der Waals surface area contributed by atoms with Gasteiger partial charge in [-0.2, -0.15) is 0 Å². The minimum absolute atomic E-state index is 0.168. The molecule has 4 rings (SSSR count). The van der Waals surface area contributed by atoms with Crippen LogP contribution in [0.3, 0.4) is 0 Å². The molecule has 3 heterocycles. The van der Waals surface area contributed by atoms with Crippen molar-refractivity contribution in [2.45, 2.75) is 26.3 Å². The Morgan fingerprint density at radius 3 is 2.81 bits per heavy atom. The highest BCUT2D eigenvalue weighted by Crippen LogP contribution is 2.25. The van der Waals surface area contributed by atoms with Crippen LogP contribution in [0.1, 0.15) is 42.5 Å². The van der Waals surface area contributed by atoms with Crippen molar-refractivity contribution in [3.05, 3.63) is 54.0 Å². The van der Waals surface area contributed by atoms with Gasteiger partial charge in [0, 0.05) is 18.8 Å². The van der Waals surface area contributed by atoms with Crippen LogP contribution in [0.25, 0.3) is 16.7 Å². The number of tetrazole rings is 1.